The Morgan fingerprint density at radius 1 is 1.08 bits per heavy atom. The topological polar surface area (TPSA) is 66.4 Å². The maximum Gasteiger partial charge on any atom is 0.485 e. The van der Waals surface area contributed by atoms with E-state index in [-0.39, 0.29) is 0 Å². The van der Waals surface area contributed by atoms with Crippen molar-refractivity contribution in [3.05, 3.63) is 60.2 Å². The van der Waals surface area contributed by atoms with Crippen molar-refractivity contribution in [3.63, 3.8) is 0 Å². The lowest BCUT2D eigenvalue weighted by Gasteiger charge is -2.08. The van der Waals surface area contributed by atoms with E-state index in [0.29, 0.717) is 0 Å². The van der Waals surface area contributed by atoms with Gasteiger partial charge in [0.2, 0.25) is 0 Å². The molecule has 25 heavy (non-hydrogen) atoms. The van der Waals surface area contributed by atoms with Gasteiger partial charge in [0, 0.05) is 34.3 Å². The zero-order chi connectivity index (χ0) is 18.9. The summed E-state index contributed by atoms with van der Waals surface area (Å²) >= 11 is 2.74. The summed E-state index contributed by atoms with van der Waals surface area (Å²) in [6.07, 6.45) is 0. The Morgan fingerprint density at radius 3 is 2.04 bits per heavy atom. The summed E-state index contributed by atoms with van der Waals surface area (Å²) in [5.74, 6) is 1.06. The molecule has 0 saturated carbocycles. The number of rotatable bonds is 5. The smallest absolute Gasteiger partial charge is 0.485 e. The summed E-state index contributed by atoms with van der Waals surface area (Å²) in [5.41, 5.74) is -4.29. The molecule has 0 aliphatic rings. The van der Waals surface area contributed by atoms with Crippen molar-refractivity contribution in [2.24, 2.45) is 0 Å². The van der Waals surface area contributed by atoms with E-state index in [4.69, 9.17) is 17.2 Å². The molecule has 0 aromatic heterocycles. The Morgan fingerprint density at radius 2 is 1.60 bits per heavy atom. The first-order valence-corrected chi connectivity index (χ1v) is 9.91. The van der Waals surface area contributed by atoms with Gasteiger partial charge in [0.05, 0.1) is 7.11 Å². The standard InChI is InChI=1S/C14H14OS2.CHF3O3S/c1-15-17-14-9-7-12(8-10-14)11-16-13-5-3-2-4-6-13;2-1(3,4)8(5,6)7/h2-10H,11H2,1H3;(H,5,6,7). The second kappa shape index (κ2) is 10.1. The van der Waals surface area contributed by atoms with Crippen LogP contribution in [0, 0.1) is 0 Å². The van der Waals surface area contributed by atoms with Gasteiger partial charge in [-0.05, 0) is 24.3 Å². The van der Waals surface area contributed by atoms with E-state index in [1.165, 1.54) is 34.3 Å². The van der Waals surface area contributed by atoms with Crippen LogP contribution in [-0.4, -0.2) is 25.6 Å². The molecule has 0 saturated heterocycles. The molecule has 138 valence electrons. The van der Waals surface area contributed by atoms with Crippen LogP contribution in [-0.2, 0) is 31.8 Å². The first-order chi connectivity index (χ1) is 11.6. The van der Waals surface area contributed by atoms with E-state index in [0.717, 1.165) is 10.6 Å². The minimum Gasteiger partial charge on any atom is -0.741 e. The van der Waals surface area contributed by atoms with E-state index < -0.39 is 15.6 Å². The van der Waals surface area contributed by atoms with Crippen molar-refractivity contribution < 1.29 is 30.3 Å². The van der Waals surface area contributed by atoms with Gasteiger partial charge in [0.25, 0.3) is 0 Å². The molecule has 0 fully saturated rings. The minimum atomic E-state index is -6.09. The fourth-order valence-corrected chi connectivity index (χ4v) is 2.86. The molecule has 0 unspecified atom stereocenters. The maximum atomic E-state index is 10.7. The second-order valence-corrected chi connectivity index (χ2v) is 7.94. The number of alkyl halides is 3. The number of thiol groups is 1. The third-order valence-corrected chi connectivity index (χ3v) is 4.97. The zero-order valence-corrected chi connectivity index (χ0v) is 15.5. The Kier molecular flexibility index (Phi) is 8.80. The molecule has 0 amide bonds. The first kappa shape index (κ1) is 21.8. The number of hydrogen-bond donors (Lipinski definition) is 0. The highest BCUT2D eigenvalue weighted by Gasteiger charge is 2.36. The van der Waals surface area contributed by atoms with Gasteiger partial charge in [-0.15, -0.1) is 0 Å². The Bertz CT molecular complexity index is 733. The van der Waals surface area contributed by atoms with Gasteiger partial charge < -0.3 is 8.74 Å². The fourth-order valence-electron chi connectivity index (χ4n) is 1.46. The van der Waals surface area contributed by atoms with Crippen LogP contribution in [0.2, 0.25) is 0 Å². The molecule has 0 aliphatic carbocycles. The third kappa shape index (κ3) is 8.63. The lowest BCUT2D eigenvalue weighted by molar-refractivity contribution is -0.0517. The van der Waals surface area contributed by atoms with E-state index in [9.17, 15) is 13.2 Å². The molecule has 0 heterocycles. The summed E-state index contributed by atoms with van der Waals surface area (Å²) in [4.78, 5) is 2.51. The Hall–Kier alpha value is -1.20. The van der Waals surface area contributed by atoms with Gasteiger partial charge in [-0.25, -0.2) is 8.42 Å². The number of halogens is 3. The predicted molar refractivity (Wildman–Crippen MR) is 92.2 cm³/mol. The molecule has 0 aliphatic heterocycles. The van der Waals surface area contributed by atoms with Gasteiger partial charge in [0.1, 0.15) is 5.75 Å². The van der Waals surface area contributed by atoms with Crippen LogP contribution in [0.25, 0.3) is 0 Å². The minimum absolute atomic E-state index is 1.06. The Balaban J connectivity index is 0.000000333. The normalized spacial score (nSPS) is 11.6. The molecule has 10 heteroatoms. The number of hydrogen-bond acceptors (Lipinski definition) is 5. The summed E-state index contributed by atoms with van der Waals surface area (Å²) in [6, 6.07) is 19.1. The van der Waals surface area contributed by atoms with E-state index in [1.54, 1.807) is 7.11 Å². The largest absolute Gasteiger partial charge is 0.741 e. The van der Waals surface area contributed by atoms with Crippen LogP contribution in [0.1, 0.15) is 5.56 Å². The van der Waals surface area contributed by atoms with E-state index >= 15 is 0 Å². The van der Waals surface area contributed by atoms with Crippen LogP contribution in [0.3, 0.4) is 0 Å². The lowest BCUT2D eigenvalue weighted by Crippen LogP contribution is -2.21. The molecule has 2 aromatic rings. The fraction of sp³-hybridized carbons (Fsp3) is 0.200. The van der Waals surface area contributed by atoms with Crippen molar-refractivity contribution in [2.75, 3.05) is 7.11 Å². The highest BCUT2D eigenvalue weighted by Crippen LogP contribution is 2.20. The molecule has 0 bridgehead atoms. The molecule has 0 atom stereocenters. The van der Waals surface area contributed by atoms with Crippen LogP contribution in [0.15, 0.2) is 64.4 Å². The van der Waals surface area contributed by atoms with Crippen molar-refractivity contribution in [2.45, 2.75) is 21.1 Å². The SMILES string of the molecule is COSc1ccc(C[SH+]c2ccccc2)cc1.O=S(=O)([O-])C(F)(F)F. The van der Waals surface area contributed by atoms with Crippen molar-refractivity contribution in [1.29, 1.82) is 0 Å². The monoisotopic (exact) mass is 412 g/mol. The quantitative estimate of drug-likeness (QED) is 0.246. The lowest BCUT2D eigenvalue weighted by atomic mass is 10.2. The molecular weight excluding hydrogens is 397 g/mol. The van der Waals surface area contributed by atoms with Crippen LogP contribution >= 0.6 is 12.0 Å². The average molecular weight is 412 g/mol. The summed E-state index contributed by atoms with van der Waals surface area (Å²) < 4.78 is 63.9. The average Bonchev–Trinajstić information content (AvgIpc) is 2.54. The van der Waals surface area contributed by atoms with Gasteiger partial charge in [0.15, 0.2) is 15.0 Å². The molecule has 4 nitrogen and oxygen atoms in total. The summed E-state index contributed by atoms with van der Waals surface area (Å²) in [7, 11) is -4.40. The third-order valence-electron chi connectivity index (χ3n) is 2.59. The van der Waals surface area contributed by atoms with Crippen molar-refractivity contribution >= 4 is 33.9 Å². The molecule has 0 spiro atoms. The maximum absolute atomic E-state index is 10.7. The summed E-state index contributed by atoms with van der Waals surface area (Å²) in [5, 5.41) is 0. The molecule has 0 radical (unpaired) electrons. The highest BCUT2D eigenvalue weighted by atomic mass is 32.2. The molecular formula is C15H15F3O4S3. The van der Waals surface area contributed by atoms with E-state index in [2.05, 4.69) is 54.6 Å². The molecule has 0 N–H and O–H groups in total. The van der Waals surface area contributed by atoms with Gasteiger partial charge >= 0.3 is 5.51 Å². The van der Waals surface area contributed by atoms with Gasteiger partial charge in [-0.3, -0.25) is 0 Å². The van der Waals surface area contributed by atoms with Gasteiger partial charge in [-0.2, -0.15) is 13.2 Å². The highest BCUT2D eigenvalue weighted by molar-refractivity contribution is 7.94. The predicted octanol–water partition coefficient (Wildman–Crippen LogP) is 3.77. The molecule has 2 rings (SSSR count). The zero-order valence-electron chi connectivity index (χ0n) is 12.9. The van der Waals surface area contributed by atoms with Crippen molar-refractivity contribution in [3.8, 4) is 0 Å². The van der Waals surface area contributed by atoms with Crippen LogP contribution in [0.4, 0.5) is 13.2 Å². The number of benzene rings is 2. The second-order valence-electron chi connectivity index (χ2n) is 4.45. The Labute approximate surface area is 152 Å². The van der Waals surface area contributed by atoms with Gasteiger partial charge in [-0.1, -0.05) is 30.3 Å². The van der Waals surface area contributed by atoms with E-state index in [1.807, 2.05) is 0 Å². The molecule has 2 aromatic carbocycles. The van der Waals surface area contributed by atoms with Crippen LogP contribution < -0.4 is 0 Å². The summed E-state index contributed by atoms with van der Waals surface area (Å²) in [6.45, 7) is 0. The van der Waals surface area contributed by atoms with Crippen molar-refractivity contribution in [1.82, 2.24) is 0 Å². The first-order valence-electron chi connectivity index (χ1n) is 6.68. The van der Waals surface area contributed by atoms with Crippen LogP contribution in [0.5, 0.6) is 0 Å².